The highest BCUT2D eigenvalue weighted by molar-refractivity contribution is 9.10. The molecule has 2 rings (SSSR count). The summed E-state index contributed by atoms with van der Waals surface area (Å²) in [5.74, 6) is -0.0758. The first-order valence-electron chi connectivity index (χ1n) is 5.61. The molecule has 2 aromatic rings. The van der Waals surface area contributed by atoms with Crippen LogP contribution in [0.3, 0.4) is 0 Å². The molecule has 0 radical (unpaired) electrons. The van der Waals surface area contributed by atoms with Gasteiger partial charge in [0.25, 0.3) is 0 Å². The van der Waals surface area contributed by atoms with E-state index in [4.69, 9.17) is 5.11 Å². The summed E-state index contributed by atoms with van der Waals surface area (Å²) < 4.78 is 2.37. The van der Waals surface area contributed by atoms with Gasteiger partial charge >= 0.3 is 5.97 Å². The Balaban J connectivity index is 2.33. The zero-order valence-corrected chi connectivity index (χ0v) is 11.4. The monoisotopic (exact) mass is 312 g/mol. The molecule has 0 atom stereocenters. The Bertz CT molecular complexity index is 582. The lowest BCUT2D eigenvalue weighted by Gasteiger charge is -2.02. The zero-order valence-electron chi connectivity index (χ0n) is 9.85. The van der Waals surface area contributed by atoms with E-state index in [1.807, 2.05) is 19.1 Å². The summed E-state index contributed by atoms with van der Waals surface area (Å²) in [6.07, 6.45) is 0.443. The van der Waals surface area contributed by atoms with Crippen molar-refractivity contribution in [2.24, 2.45) is 0 Å². The Kier molecular flexibility index (Phi) is 3.81. The average molecular weight is 313 g/mol. The summed E-state index contributed by atoms with van der Waals surface area (Å²) in [5, 5.41) is 16.2. The van der Waals surface area contributed by atoms with Gasteiger partial charge in [-0.25, -0.2) is 9.50 Å². The first-order chi connectivity index (χ1) is 8.61. The van der Waals surface area contributed by atoms with E-state index in [0.717, 1.165) is 12.4 Å². The van der Waals surface area contributed by atoms with E-state index in [2.05, 4.69) is 31.3 Å². The molecule has 0 aliphatic rings. The molecule has 96 valence electrons. The van der Waals surface area contributed by atoms with Crippen LogP contribution in [0.1, 0.15) is 19.0 Å². The molecule has 0 aliphatic carbocycles. The molecule has 0 saturated heterocycles. The number of fused-ring (bicyclic) bond motifs is 1. The predicted octanol–water partition coefficient (Wildman–Crippen LogP) is 1.94. The second-order valence-corrected chi connectivity index (χ2v) is 4.51. The van der Waals surface area contributed by atoms with Crippen molar-refractivity contribution in [3.63, 3.8) is 0 Å². The number of halogens is 1. The SMILES string of the molecule is CCNc1ccc2nc(CCC(=O)O)c(Br)n2n1. The largest absolute Gasteiger partial charge is 0.481 e. The Hall–Kier alpha value is -1.63. The fraction of sp³-hybridized carbons (Fsp3) is 0.364. The molecular weight excluding hydrogens is 300 g/mol. The Labute approximate surface area is 112 Å². The van der Waals surface area contributed by atoms with Crippen molar-refractivity contribution in [2.45, 2.75) is 19.8 Å². The molecule has 2 aromatic heterocycles. The number of aryl methyl sites for hydroxylation is 1. The van der Waals surface area contributed by atoms with Crippen LogP contribution in [-0.4, -0.2) is 32.2 Å². The second kappa shape index (κ2) is 5.34. The third-order valence-electron chi connectivity index (χ3n) is 2.42. The van der Waals surface area contributed by atoms with Gasteiger partial charge in [0.2, 0.25) is 0 Å². The number of carboxylic acid groups (broad SMARTS) is 1. The minimum absolute atomic E-state index is 0.0581. The molecule has 0 unspecified atom stereocenters. The van der Waals surface area contributed by atoms with Crippen molar-refractivity contribution < 1.29 is 9.90 Å². The van der Waals surface area contributed by atoms with Crippen LogP contribution in [-0.2, 0) is 11.2 Å². The maximum atomic E-state index is 10.6. The standard InChI is InChI=1S/C11H13BrN4O2/c1-2-13-8-4-5-9-14-7(3-6-10(17)18)11(12)16(9)15-8/h4-5H,2-3,6H2,1H3,(H,13,15)(H,17,18). The summed E-state index contributed by atoms with van der Waals surface area (Å²) in [6.45, 7) is 2.78. The number of imidazole rings is 1. The minimum atomic E-state index is -0.833. The first-order valence-corrected chi connectivity index (χ1v) is 6.41. The Morgan fingerprint density at radius 3 is 3.00 bits per heavy atom. The highest BCUT2D eigenvalue weighted by Gasteiger charge is 2.12. The van der Waals surface area contributed by atoms with Crippen LogP contribution in [0.5, 0.6) is 0 Å². The maximum absolute atomic E-state index is 10.6. The number of aliphatic carboxylic acids is 1. The van der Waals surface area contributed by atoms with Gasteiger partial charge in [0.1, 0.15) is 10.4 Å². The van der Waals surface area contributed by atoms with Crippen molar-refractivity contribution in [1.29, 1.82) is 0 Å². The molecule has 0 spiro atoms. The van der Waals surface area contributed by atoms with Crippen LogP contribution in [0.25, 0.3) is 5.65 Å². The van der Waals surface area contributed by atoms with Gasteiger partial charge in [0.05, 0.1) is 12.1 Å². The number of hydrogen-bond acceptors (Lipinski definition) is 4. The molecule has 0 bridgehead atoms. The number of aromatic nitrogens is 3. The molecule has 0 aromatic carbocycles. The zero-order chi connectivity index (χ0) is 13.1. The van der Waals surface area contributed by atoms with Gasteiger partial charge < -0.3 is 10.4 Å². The summed E-state index contributed by atoms with van der Waals surface area (Å²) in [6, 6.07) is 3.69. The molecule has 0 aliphatic heterocycles. The van der Waals surface area contributed by atoms with Gasteiger partial charge in [-0.3, -0.25) is 4.79 Å². The molecule has 0 saturated carbocycles. The van der Waals surface area contributed by atoms with Gasteiger partial charge in [-0.05, 0) is 35.0 Å². The summed E-state index contributed by atoms with van der Waals surface area (Å²) in [7, 11) is 0. The van der Waals surface area contributed by atoms with Crippen molar-refractivity contribution in [2.75, 3.05) is 11.9 Å². The van der Waals surface area contributed by atoms with Crippen molar-refractivity contribution in [3.8, 4) is 0 Å². The summed E-state index contributed by atoms with van der Waals surface area (Å²) >= 11 is 3.40. The number of carbonyl (C=O) groups is 1. The third-order valence-corrected chi connectivity index (χ3v) is 3.22. The first kappa shape index (κ1) is 12.8. The normalized spacial score (nSPS) is 10.8. The lowest BCUT2D eigenvalue weighted by atomic mass is 10.2. The van der Waals surface area contributed by atoms with E-state index in [0.29, 0.717) is 22.4 Å². The highest BCUT2D eigenvalue weighted by atomic mass is 79.9. The van der Waals surface area contributed by atoms with Gasteiger partial charge in [-0.15, -0.1) is 5.10 Å². The third kappa shape index (κ3) is 2.61. The fourth-order valence-electron chi connectivity index (χ4n) is 1.61. The molecule has 6 nitrogen and oxygen atoms in total. The van der Waals surface area contributed by atoms with Crippen LogP contribution in [0, 0.1) is 0 Å². The molecule has 2 heterocycles. The Morgan fingerprint density at radius 1 is 1.56 bits per heavy atom. The van der Waals surface area contributed by atoms with E-state index < -0.39 is 5.97 Å². The predicted molar refractivity (Wildman–Crippen MR) is 70.8 cm³/mol. The summed E-state index contributed by atoms with van der Waals surface area (Å²) in [5.41, 5.74) is 1.41. The molecule has 0 amide bonds. The molecule has 7 heteroatoms. The molecule has 2 N–H and O–H groups in total. The van der Waals surface area contributed by atoms with Gasteiger partial charge in [0, 0.05) is 13.0 Å². The highest BCUT2D eigenvalue weighted by Crippen LogP contribution is 2.20. The van der Waals surface area contributed by atoms with Crippen LogP contribution in [0.15, 0.2) is 16.7 Å². The van der Waals surface area contributed by atoms with E-state index >= 15 is 0 Å². The number of rotatable bonds is 5. The van der Waals surface area contributed by atoms with E-state index in [9.17, 15) is 4.79 Å². The van der Waals surface area contributed by atoms with E-state index in [-0.39, 0.29) is 6.42 Å². The van der Waals surface area contributed by atoms with Crippen LogP contribution in [0.2, 0.25) is 0 Å². The average Bonchev–Trinajstić information content (AvgIpc) is 2.64. The van der Waals surface area contributed by atoms with Gasteiger partial charge in [0.15, 0.2) is 5.65 Å². The van der Waals surface area contributed by atoms with Gasteiger partial charge in [-0.2, -0.15) is 0 Å². The van der Waals surface area contributed by atoms with Crippen molar-refractivity contribution in [1.82, 2.24) is 14.6 Å². The van der Waals surface area contributed by atoms with Crippen LogP contribution < -0.4 is 5.32 Å². The smallest absolute Gasteiger partial charge is 0.303 e. The quantitative estimate of drug-likeness (QED) is 0.882. The fourth-order valence-corrected chi connectivity index (χ4v) is 2.16. The molecule has 18 heavy (non-hydrogen) atoms. The molecule has 0 fully saturated rings. The number of nitrogens with one attached hydrogen (secondary N) is 1. The Morgan fingerprint density at radius 2 is 2.33 bits per heavy atom. The second-order valence-electron chi connectivity index (χ2n) is 3.76. The number of carboxylic acids is 1. The number of hydrogen-bond donors (Lipinski definition) is 2. The maximum Gasteiger partial charge on any atom is 0.303 e. The van der Waals surface area contributed by atoms with E-state index in [1.165, 1.54) is 0 Å². The van der Waals surface area contributed by atoms with Crippen molar-refractivity contribution in [3.05, 3.63) is 22.4 Å². The number of nitrogens with zero attached hydrogens (tertiary/aromatic N) is 3. The lowest BCUT2D eigenvalue weighted by Crippen LogP contribution is -2.02. The van der Waals surface area contributed by atoms with Crippen LogP contribution in [0.4, 0.5) is 5.82 Å². The topological polar surface area (TPSA) is 79.5 Å². The van der Waals surface area contributed by atoms with E-state index in [1.54, 1.807) is 4.52 Å². The minimum Gasteiger partial charge on any atom is -0.481 e. The number of anilines is 1. The molecular formula is C11H13BrN4O2. The summed E-state index contributed by atoms with van der Waals surface area (Å²) in [4.78, 5) is 14.9. The van der Waals surface area contributed by atoms with Gasteiger partial charge in [-0.1, -0.05) is 0 Å². The van der Waals surface area contributed by atoms with Crippen LogP contribution >= 0.6 is 15.9 Å². The lowest BCUT2D eigenvalue weighted by molar-refractivity contribution is -0.136. The van der Waals surface area contributed by atoms with Crippen molar-refractivity contribution >= 4 is 33.4 Å².